The van der Waals surface area contributed by atoms with Crippen LogP contribution in [-0.4, -0.2) is 7.11 Å². The summed E-state index contributed by atoms with van der Waals surface area (Å²) in [5.74, 6) is 1.38. The van der Waals surface area contributed by atoms with Crippen LogP contribution in [0.3, 0.4) is 0 Å². The van der Waals surface area contributed by atoms with Crippen molar-refractivity contribution in [3.8, 4) is 28.7 Å². The Morgan fingerprint density at radius 2 is 1.67 bits per heavy atom. The lowest BCUT2D eigenvalue weighted by atomic mass is 10.0. The van der Waals surface area contributed by atoms with Gasteiger partial charge in [-0.05, 0) is 41.0 Å². The van der Waals surface area contributed by atoms with E-state index in [-0.39, 0.29) is 0 Å². The van der Waals surface area contributed by atoms with E-state index in [1.54, 1.807) is 13.2 Å². The van der Waals surface area contributed by atoms with E-state index in [2.05, 4.69) is 6.07 Å². The first-order chi connectivity index (χ1) is 11.8. The molecule has 118 valence electrons. The van der Waals surface area contributed by atoms with Gasteiger partial charge in [0.25, 0.3) is 0 Å². The summed E-state index contributed by atoms with van der Waals surface area (Å²) < 4.78 is 11.2. The van der Waals surface area contributed by atoms with Crippen LogP contribution in [0.2, 0.25) is 0 Å². The molecule has 0 radical (unpaired) electrons. The Kier molecular flexibility index (Phi) is 4.78. The fourth-order valence-electron chi connectivity index (χ4n) is 2.45. The van der Waals surface area contributed by atoms with Crippen LogP contribution in [0.25, 0.3) is 11.1 Å². The largest absolute Gasteiger partial charge is 0.497 e. The van der Waals surface area contributed by atoms with Crippen molar-refractivity contribution in [2.75, 3.05) is 7.11 Å². The van der Waals surface area contributed by atoms with Gasteiger partial charge in [0.2, 0.25) is 0 Å². The zero-order valence-electron chi connectivity index (χ0n) is 13.4. The van der Waals surface area contributed by atoms with Crippen molar-refractivity contribution in [1.82, 2.24) is 0 Å². The second-order valence-electron chi connectivity index (χ2n) is 5.33. The van der Waals surface area contributed by atoms with E-state index >= 15 is 0 Å². The number of hydrogen-bond donors (Lipinski definition) is 0. The number of ether oxygens (including phenoxy) is 2. The molecule has 24 heavy (non-hydrogen) atoms. The average Bonchev–Trinajstić information content (AvgIpc) is 2.67. The third-order valence-electron chi connectivity index (χ3n) is 3.74. The third-order valence-corrected chi connectivity index (χ3v) is 3.74. The normalized spacial score (nSPS) is 10.0. The average molecular weight is 315 g/mol. The SMILES string of the molecule is COc1cccc(-c2ccc(C#N)c(OCc3ccccc3)c2)c1. The number of nitrogens with zero attached hydrogens (tertiary/aromatic N) is 1. The molecule has 0 amide bonds. The van der Waals surface area contributed by atoms with Crippen LogP contribution in [0.15, 0.2) is 72.8 Å². The lowest BCUT2D eigenvalue weighted by molar-refractivity contribution is 0.305. The van der Waals surface area contributed by atoms with Gasteiger partial charge in [-0.2, -0.15) is 5.26 Å². The Hall–Kier alpha value is -3.25. The number of nitriles is 1. The molecule has 3 rings (SSSR count). The molecule has 0 unspecified atom stereocenters. The van der Waals surface area contributed by atoms with Crippen molar-refractivity contribution in [2.45, 2.75) is 6.61 Å². The number of methoxy groups -OCH3 is 1. The topological polar surface area (TPSA) is 42.2 Å². The molecular formula is C21H17NO2. The summed E-state index contributed by atoms with van der Waals surface area (Å²) in [4.78, 5) is 0. The summed E-state index contributed by atoms with van der Waals surface area (Å²) in [6.45, 7) is 0.428. The number of hydrogen-bond acceptors (Lipinski definition) is 3. The van der Waals surface area contributed by atoms with Gasteiger partial charge in [-0.1, -0.05) is 48.5 Å². The van der Waals surface area contributed by atoms with Crippen LogP contribution >= 0.6 is 0 Å². The van der Waals surface area contributed by atoms with Gasteiger partial charge >= 0.3 is 0 Å². The monoisotopic (exact) mass is 315 g/mol. The zero-order valence-corrected chi connectivity index (χ0v) is 13.4. The molecule has 0 spiro atoms. The minimum atomic E-state index is 0.428. The van der Waals surface area contributed by atoms with E-state index in [0.29, 0.717) is 17.9 Å². The van der Waals surface area contributed by atoms with Gasteiger partial charge in [0.05, 0.1) is 12.7 Å². The molecule has 0 bridgehead atoms. The Morgan fingerprint density at radius 3 is 2.42 bits per heavy atom. The summed E-state index contributed by atoms with van der Waals surface area (Å²) >= 11 is 0. The second-order valence-corrected chi connectivity index (χ2v) is 5.33. The highest BCUT2D eigenvalue weighted by molar-refractivity contribution is 5.68. The van der Waals surface area contributed by atoms with E-state index in [1.165, 1.54) is 0 Å². The van der Waals surface area contributed by atoms with Crippen molar-refractivity contribution in [1.29, 1.82) is 5.26 Å². The molecule has 0 N–H and O–H groups in total. The van der Waals surface area contributed by atoms with Gasteiger partial charge in [-0.25, -0.2) is 0 Å². The number of rotatable bonds is 5. The highest BCUT2D eigenvalue weighted by Crippen LogP contribution is 2.29. The van der Waals surface area contributed by atoms with E-state index < -0.39 is 0 Å². The fourth-order valence-corrected chi connectivity index (χ4v) is 2.45. The molecular weight excluding hydrogens is 298 g/mol. The van der Waals surface area contributed by atoms with Crippen LogP contribution in [0, 0.1) is 11.3 Å². The quantitative estimate of drug-likeness (QED) is 0.678. The molecule has 0 aromatic heterocycles. The predicted octanol–water partition coefficient (Wildman–Crippen LogP) is 4.81. The summed E-state index contributed by atoms with van der Waals surface area (Å²) in [6, 6.07) is 25.5. The van der Waals surface area contributed by atoms with Crippen LogP contribution < -0.4 is 9.47 Å². The standard InChI is InChI=1S/C21H17NO2/c1-23-20-9-5-8-17(12-20)18-10-11-19(14-22)21(13-18)24-15-16-6-3-2-4-7-16/h2-13H,15H2,1H3. The molecule has 0 saturated carbocycles. The maximum atomic E-state index is 9.31. The van der Waals surface area contributed by atoms with Crippen LogP contribution in [-0.2, 0) is 6.61 Å². The predicted molar refractivity (Wildman–Crippen MR) is 93.9 cm³/mol. The molecule has 0 aliphatic rings. The third kappa shape index (κ3) is 3.56. The van der Waals surface area contributed by atoms with Gasteiger partial charge in [0.1, 0.15) is 24.2 Å². The van der Waals surface area contributed by atoms with Gasteiger partial charge < -0.3 is 9.47 Å². The van der Waals surface area contributed by atoms with E-state index in [0.717, 1.165) is 22.4 Å². The molecule has 0 heterocycles. The Morgan fingerprint density at radius 1 is 0.875 bits per heavy atom. The van der Waals surface area contributed by atoms with Crippen molar-refractivity contribution < 1.29 is 9.47 Å². The first-order valence-corrected chi connectivity index (χ1v) is 7.65. The van der Waals surface area contributed by atoms with Crippen LogP contribution in [0.5, 0.6) is 11.5 Å². The van der Waals surface area contributed by atoms with Gasteiger partial charge in [-0.15, -0.1) is 0 Å². The summed E-state index contributed by atoms with van der Waals surface area (Å²) in [7, 11) is 1.65. The van der Waals surface area contributed by atoms with E-state index in [9.17, 15) is 5.26 Å². The van der Waals surface area contributed by atoms with Crippen LogP contribution in [0.1, 0.15) is 11.1 Å². The van der Waals surface area contributed by atoms with E-state index in [4.69, 9.17) is 9.47 Å². The van der Waals surface area contributed by atoms with Gasteiger partial charge in [0, 0.05) is 0 Å². The lowest BCUT2D eigenvalue weighted by Gasteiger charge is -2.11. The fraction of sp³-hybridized carbons (Fsp3) is 0.0952. The van der Waals surface area contributed by atoms with Crippen molar-refractivity contribution in [2.24, 2.45) is 0 Å². The van der Waals surface area contributed by atoms with Crippen LogP contribution in [0.4, 0.5) is 0 Å². The smallest absolute Gasteiger partial charge is 0.138 e. The highest BCUT2D eigenvalue weighted by atomic mass is 16.5. The van der Waals surface area contributed by atoms with Gasteiger partial charge in [0.15, 0.2) is 0 Å². The zero-order chi connectivity index (χ0) is 16.8. The van der Waals surface area contributed by atoms with Crippen molar-refractivity contribution in [3.05, 3.63) is 83.9 Å². The lowest BCUT2D eigenvalue weighted by Crippen LogP contribution is -1.97. The van der Waals surface area contributed by atoms with Gasteiger partial charge in [-0.3, -0.25) is 0 Å². The summed E-state index contributed by atoms with van der Waals surface area (Å²) in [6.07, 6.45) is 0. The molecule has 3 heteroatoms. The molecule has 3 nitrogen and oxygen atoms in total. The molecule has 3 aromatic carbocycles. The van der Waals surface area contributed by atoms with Crippen molar-refractivity contribution in [3.63, 3.8) is 0 Å². The Labute approximate surface area is 141 Å². The molecule has 0 fully saturated rings. The highest BCUT2D eigenvalue weighted by Gasteiger charge is 2.08. The summed E-state index contributed by atoms with van der Waals surface area (Å²) in [5, 5.41) is 9.31. The minimum Gasteiger partial charge on any atom is -0.497 e. The second kappa shape index (κ2) is 7.34. The minimum absolute atomic E-state index is 0.428. The Balaban J connectivity index is 1.89. The molecule has 3 aromatic rings. The maximum absolute atomic E-state index is 9.31. The maximum Gasteiger partial charge on any atom is 0.138 e. The number of benzene rings is 3. The molecule has 0 aliphatic heterocycles. The molecule has 0 atom stereocenters. The van der Waals surface area contributed by atoms with Crippen molar-refractivity contribution >= 4 is 0 Å². The first-order valence-electron chi connectivity index (χ1n) is 7.65. The molecule has 0 aliphatic carbocycles. The summed E-state index contributed by atoms with van der Waals surface area (Å²) in [5.41, 5.74) is 3.59. The Bertz CT molecular complexity index is 867. The molecule has 0 saturated heterocycles. The first kappa shape index (κ1) is 15.6. The van der Waals surface area contributed by atoms with E-state index in [1.807, 2.05) is 66.7 Å².